The lowest BCUT2D eigenvalue weighted by molar-refractivity contribution is -0.161. The van der Waals surface area contributed by atoms with Gasteiger partial charge in [0.25, 0.3) is 0 Å². The molecule has 1 N–H and O–H groups in total. The molecular formula is C13H13ClO5. The van der Waals surface area contributed by atoms with E-state index >= 15 is 0 Å². The van der Waals surface area contributed by atoms with Crippen molar-refractivity contribution >= 4 is 23.5 Å². The molecule has 0 unspecified atom stereocenters. The molecule has 6 heteroatoms. The van der Waals surface area contributed by atoms with Crippen LogP contribution in [0.5, 0.6) is 5.75 Å². The average molecular weight is 285 g/mol. The summed E-state index contributed by atoms with van der Waals surface area (Å²) in [6.45, 7) is 0. The SMILES string of the molecule is COC(=O)C1(C(=O)OC)C[C@@H]1c1cc(Cl)ccc1O. The number of ether oxygens (including phenoxy) is 2. The summed E-state index contributed by atoms with van der Waals surface area (Å²) in [4.78, 5) is 23.7. The predicted octanol–water partition coefficient (Wildman–Crippen LogP) is 1.87. The number of carbonyl (C=O) groups excluding carboxylic acids is 2. The molecule has 1 aromatic carbocycles. The van der Waals surface area contributed by atoms with Gasteiger partial charge in [-0.05, 0) is 24.6 Å². The Kier molecular flexibility index (Phi) is 3.41. The molecule has 0 saturated heterocycles. The summed E-state index contributed by atoms with van der Waals surface area (Å²) in [5.41, 5.74) is -0.922. The van der Waals surface area contributed by atoms with E-state index in [0.29, 0.717) is 10.6 Å². The number of halogens is 1. The van der Waals surface area contributed by atoms with Crippen LogP contribution in [0.15, 0.2) is 18.2 Å². The molecule has 5 nitrogen and oxygen atoms in total. The van der Waals surface area contributed by atoms with Gasteiger partial charge in [-0.2, -0.15) is 0 Å². The standard InChI is InChI=1S/C13H13ClO5/c1-18-11(16)13(12(17)19-2)6-9(13)8-5-7(14)3-4-10(8)15/h3-5,9,15H,6H2,1-2H3/t9-/m1/s1. The van der Waals surface area contributed by atoms with Gasteiger partial charge in [-0.1, -0.05) is 11.6 Å². The third-order valence-corrected chi connectivity index (χ3v) is 3.66. The van der Waals surface area contributed by atoms with E-state index in [4.69, 9.17) is 11.6 Å². The highest BCUT2D eigenvalue weighted by atomic mass is 35.5. The van der Waals surface area contributed by atoms with Crippen molar-refractivity contribution in [2.75, 3.05) is 14.2 Å². The largest absolute Gasteiger partial charge is 0.508 e. The molecule has 0 radical (unpaired) electrons. The first kappa shape index (κ1) is 13.7. The first-order valence-electron chi connectivity index (χ1n) is 5.62. The summed E-state index contributed by atoms with van der Waals surface area (Å²) in [6.07, 6.45) is 0.236. The molecule has 102 valence electrons. The van der Waals surface area contributed by atoms with E-state index in [1.54, 1.807) is 0 Å². The molecule has 0 heterocycles. The predicted molar refractivity (Wildman–Crippen MR) is 66.9 cm³/mol. The third-order valence-electron chi connectivity index (χ3n) is 3.43. The van der Waals surface area contributed by atoms with E-state index in [2.05, 4.69) is 9.47 Å². The number of hydrogen-bond acceptors (Lipinski definition) is 5. The van der Waals surface area contributed by atoms with E-state index in [9.17, 15) is 14.7 Å². The van der Waals surface area contributed by atoms with Gasteiger partial charge in [0.05, 0.1) is 14.2 Å². The molecule has 0 bridgehead atoms. The monoisotopic (exact) mass is 284 g/mol. The van der Waals surface area contributed by atoms with Gasteiger partial charge in [0.15, 0.2) is 5.41 Å². The zero-order valence-electron chi connectivity index (χ0n) is 10.5. The Morgan fingerprint density at radius 2 is 1.89 bits per heavy atom. The zero-order chi connectivity index (χ0) is 14.2. The highest BCUT2D eigenvalue weighted by Crippen LogP contribution is 2.62. The van der Waals surface area contributed by atoms with Gasteiger partial charge in [-0.15, -0.1) is 0 Å². The number of aromatic hydroxyl groups is 1. The van der Waals surface area contributed by atoms with Crippen molar-refractivity contribution < 1.29 is 24.2 Å². The van der Waals surface area contributed by atoms with Crippen LogP contribution in [0, 0.1) is 5.41 Å². The molecule has 19 heavy (non-hydrogen) atoms. The summed E-state index contributed by atoms with van der Waals surface area (Å²) in [5, 5.41) is 10.2. The molecule has 2 rings (SSSR count). The molecule has 1 saturated carbocycles. The van der Waals surface area contributed by atoms with Crippen LogP contribution in [0.1, 0.15) is 17.9 Å². The fraction of sp³-hybridized carbons (Fsp3) is 0.385. The van der Waals surface area contributed by atoms with E-state index in [1.807, 2.05) is 0 Å². The third kappa shape index (κ3) is 2.04. The maximum Gasteiger partial charge on any atom is 0.323 e. The Labute approximate surface area is 115 Å². The molecule has 0 amide bonds. The maximum atomic E-state index is 11.8. The van der Waals surface area contributed by atoms with Crippen molar-refractivity contribution in [3.63, 3.8) is 0 Å². The fourth-order valence-electron chi connectivity index (χ4n) is 2.34. The number of hydrogen-bond donors (Lipinski definition) is 1. The topological polar surface area (TPSA) is 72.8 Å². The lowest BCUT2D eigenvalue weighted by Crippen LogP contribution is -2.30. The Morgan fingerprint density at radius 1 is 1.32 bits per heavy atom. The van der Waals surface area contributed by atoms with Crippen molar-refractivity contribution in [2.45, 2.75) is 12.3 Å². The van der Waals surface area contributed by atoms with Crippen LogP contribution >= 0.6 is 11.6 Å². The van der Waals surface area contributed by atoms with Crippen molar-refractivity contribution in [1.29, 1.82) is 0 Å². The smallest absolute Gasteiger partial charge is 0.323 e. The van der Waals surface area contributed by atoms with Crippen LogP contribution < -0.4 is 0 Å². The van der Waals surface area contributed by atoms with Gasteiger partial charge < -0.3 is 14.6 Å². The van der Waals surface area contributed by atoms with Crippen molar-refractivity contribution in [2.24, 2.45) is 5.41 Å². The van der Waals surface area contributed by atoms with Crippen LogP contribution in [-0.2, 0) is 19.1 Å². The highest BCUT2D eigenvalue weighted by Gasteiger charge is 2.69. The van der Waals surface area contributed by atoms with Gasteiger partial charge in [0, 0.05) is 16.5 Å². The van der Waals surface area contributed by atoms with E-state index in [1.165, 1.54) is 32.4 Å². The lowest BCUT2D eigenvalue weighted by Gasteiger charge is -2.13. The molecule has 1 aromatic rings. The number of methoxy groups -OCH3 is 2. The van der Waals surface area contributed by atoms with Crippen LogP contribution in [0.3, 0.4) is 0 Å². The Hall–Kier alpha value is -1.75. The van der Waals surface area contributed by atoms with Gasteiger partial charge in [0.1, 0.15) is 5.75 Å². The van der Waals surface area contributed by atoms with Gasteiger partial charge in [-0.25, -0.2) is 0 Å². The average Bonchev–Trinajstić information content (AvgIpc) is 3.16. The van der Waals surface area contributed by atoms with Crippen molar-refractivity contribution in [3.05, 3.63) is 28.8 Å². The molecule has 0 aromatic heterocycles. The Balaban J connectivity index is 2.40. The quantitative estimate of drug-likeness (QED) is 0.677. The van der Waals surface area contributed by atoms with Gasteiger partial charge >= 0.3 is 11.9 Å². The number of rotatable bonds is 3. The summed E-state index contributed by atoms with van der Waals surface area (Å²) in [7, 11) is 2.42. The van der Waals surface area contributed by atoms with E-state index < -0.39 is 23.3 Å². The second-order valence-corrected chi connectivity index (χ2v) is 4.85. The summed E-state index contributed by atoms with van der Waals surface area (Å²) in [5.74, 6) is -1.82. The first-order chi connectivity index (χ1) is 8.97. The minimum Gasteiger partial charge on any atom is -0.508 e. The van der Waals surface area contributed by atoms with E-state index in [0.717, 1.165) is 0 Å². The molecule has 1 aliphatic rings. The van der Waals surface area contributed by atoms with Crippen LogP contribution in [0.4, 0.5) is 0 Å². The molecule has 0 aliphatic heterocycles. The minimum absolute atomic E-state index is 0.0101. The number of benzene rings is 1. The molecule has 0 spiro atoms. The lowest BCUT2D eigenvalue weighted by atomic mass is 9.98. The summed E-state index contributed by atoms with van der Waals surface area (Å²) < 4.78 is 9.34. The highest BCUT2D eigenvalue weighted by molar-refractivity contribution is 6.30. The molecule has 1 fully saturated rings. The zero-order valence-corrected chi connectivity index (χ0v) is 11.2. The van der Waals surface area contributed by atoms with Gasteiger partial charge in [-0.3, -0.25) is 9.59 Å². The molecular weight excluding hydrogens is 272 g/mol. The Bertz CT molecular complexity index is 524. The number of carbonyl (C=O) groups is 2. The Morgan fingerprint density at radius 3 is 2.42 bits per heavy atom. The molecule has 1 aliphatic carbocycles. The van der Waals surface area contributed by atoms with Crippen LogP contribution in [-0.4, -0.2) is 31.3 Å². The number of phenolic OH excluding ortho intramolecular Hbond substituents is 1. The first-order valence-corrected chi connectivity index (χ1v) is 6.00. The van der Waals surface area contributed by atoms with Crippen LogP contribution in [0.25, 0.3) is 0 Å². The van der Waals surface area contributed by atoms with Crippen molar-refractivity contribution in [1.82, 2.24) is 0 Å². The van der Waals surface area contributed by atoms with E-state index in [-0.39, 0.29) is 12.2 Å². The van der Waals surface area contributed by atoms with Crippen LogP contribution in [0.2, 0.25) is 5.02 Å². The number of esters is 2. The number of phenols is 1. The molecule has 1 atom stereocenters. The maximum absolute atomic E-state index is 11.8. The second-order valence-electron chi connectivity index (χ2n) is 4.41. The minimum atomic E-state index is -1.37. The summed E-state index contributed by atoms with van der Waals surface area (Å²) in [6, 6.07) is 4.49. The van der Waals surface area contributed by atoms with Crippen molar-refractivity contribution in [3.8, 4) is 5.75 Å². The summed E-state index contributed by atoms with van der Waals surface area (Å²) >= 11 is 5.87. The second kappa shape index (κ2) is 4.74. The normalized spacial score (nSPS) is 19.6. The van der Waals surface area contributed by atoms with Gasteiger partial charge in [0.2, 0.25) is 0 Å². The fourth-order valence-corrected chi connectivity index (χ4v) is 2.52.